The molecule has 1 saturated heterocycles. The second-order valence-corrected chi connectivity index (χ2v) is 6.59. The van der Waals surface area contributed by atoms with E-state index in [1.54, 1.807) is 18.2 Å². The van der Waals surface area contributed by atoms with E-state index in [2.05, 4.69) is 11.1 Å². The third-order valence-corrected chi connectivity index (χ3v) is 4.60. The van der Waals surface area contributed by atoms with Crippen molar-refractivity contribution < 1.29 is 9.84 Å². The highest BCUT2D eigenvalue weighted by atomic mass is 16.5. The lowest BCUT2D eigenvalue weighted by Gasteiger charge is -2.45. The summed E-state index contributed by atoms with van der Waals surface area (Å²) in [7, 11) is 1.86. The predicted octanol–water partition coefficient (Wildman–Crippen LogP) is 1.22. The lowest BCUT2D eigenvalue weighted by atomic mass is 9.85. The van der Waals surface area contributed by atoms with E-state index in [9.17, 15) is 10.4 Å². The topological polar surface area (TPSA) is 95.9 Å². The minimum absolute atomic E-state index is 0.436. The van der Waals surface area contributed by atoms with Crippen LogP contribution in [0.5, 0.6) is 5.75 Å². The molecule has 124 valence electrons. The van der Waals surface area contributed by atoms with Gasteiger partial charge in [0.2, 0.25) is 12.2 Å². The van der Waals surface area contributed by atoms with Crippen LogP contribution in [-0.4, -0.2) is 52.7 Å². The average molecular weight is 325 g/mol. The predicted molar refractivity (Wildman–Crippen MR) is 87.0 cm³/mol. The van der Waals surface area contributed by atoms with Gasteiger partial charge in [-0.15, -0.1) is 4.99 Å². The molecule has 0 saturated carbocycles. The molecule has 7 nitrogen and oxygen atoms in total. The Labute approximate surface area is 141 Å². The van der Waals surface area contributed by atoms with Crippen molar-refractivity contribution in [3.05, 3.63) is 29.3 Å². The summed E-state index contributed by atoms with van der Waals surface area (Å²) in [6.45, 7) is 4.99. The van der Waals surface area contributed by atoms with Gasteiger partial charge in [0.05, 0.1) is 17.7 Å². The van der Waals surface area contributed by atoms with Crippen molar-refractivity contribution in [3.63, 3.8) is 0 Å². The molecule has 7 heteroatoms. The molecule has 0 spiro atoms. The van der Waals surface area contributed by atoms with Crippen LogP contribution in [0.1, 0.15) is 31.0 Å². The van der Waals surface area contributed by atoms with Gasteiger partial charge in [0.25, 0.3) is 0 Å². The Kier molecular flexibility index (Phi) is 3.82. The lowest BCUT2D eigenvalue weighted by molar-refractivity contribution is -0.0801. The highest BCUT2D eigenvalue weighted by Gasteiger charge is 2.47. The first-order valence-electron chi connectivity index (χ1n) is 7.74. The smallest absolute Gasteiger partial charge is 0.213 e. The number of aliphatic hydroxyl groups excluding tert-OH is 1. The van der Waals surface area contributed by atoms with Crippen molar-refractivity contribution in [1.82, 2.24) is 9.80 Å². The number of fused-ring (bicyclic) bond motifs is 1. The van der Waals surface area contributed by atoms with E-state index in [1.165, 1.54) is 0 Å². The molecular formula is C17H19N5O2. The Morgan fingerprint density at radius 2 is 2.08 bits per heavy atom. The Bertz CT molecular complexity index is 774. The summed E-state index contributed by atoms with van der Waals surface area (Å²) in [5.41, 5.74) is 0.437. The minimum Gasteiger partial charge on any atom is -0.485 e. The molecule has 2 aliphatic rings. The van der Waals surface area contributed by atoms with Gasteiger partial charge in [-0.05, 0) is 32.0 Å². The van der Waals surface area contributed by atoms with Crippen LogP contribution < -0.4 is 4.74 Å². The highest BCUT2D eigenvalue weighted by molar-refractivity contribution is 5.83. The van der Waals surface area contributed by atoms with Crippen LogP contribution >= 0.6 is 0 Å². The summed E-state index contributed by atoms with van der Waals surface area (Å²) in [5, 5.41) is 29.1. The number of benzene rings is 1. The summed E-state index contributed by atoms with van der Waals surface area (Å²) in [4.78, 5) is 7.71. The summed E-state index contributed by atoms with van der Waals surface area (Å²) < 4.78 is 5.94. The first kappa shape index (κ1) is 16.1. The molecule has 0 radical (unpaired) electrons. The molecule has 2 aliphatic heterocycles. The number of hydrogen-bond donors (Lipinski definition) is 1. The fraction of sp³-hybridized carbons (Fsp3) is 0.471. The van der Waals surface area contributed by atoms with Crippen LogP contribution in [0.3, 0.4) is 0 Å². The molecule has 2 atom stereocenters. The maximum atomic E-state index is 10.9. The number of nitriles is 2. The Balaban J connectivity index is 2.14. The van der Waals surface area contributed by atoms with Gasteiger partial charge >= 0.3 is 0 Å². The van der Waals surface area contributed by atoms with Crippen molar-refractivity contribution in [2.75, 3.05) is 20.1 Å². The second kappa shape index (κ2) is 5.70. The average Bonchev–Trinajstić information content (AvgIpc) is 2.89. The van der Waals surface area contributed by atoms with Gasteiger partial charge in [-0.25, -0.2) is 0 Å². The van der Waals surface area contributed by atoms with Crippen molar-refractivity contribution in [3.8, 4) is 18.0 Å². The number of rotatable bonds is 1. The molecule has 1 aromatic rings. The second-order valence-electron chi connectivity index (χ2n) is 6.59. The normalized spacial score (nSPS) is 26.5. The third-order valence-electron chi connectivity index (χ3n) is 4.60. The van der Waals surface area contributed by atoms with Crippen LogP contribution in [0.15, 0.2) is 23.2 Å². The molecule has 0 bridgehead atoms. The number of aliphatic hydroxyl groups is 1. The highest BCUT2D eigenvalue weighted by Crippen LogP contribution is 2.44. The molecule has 24 heavy (non-hydrogen) atoms. The maximum absolute atomic E-state index is 10.9. The molecule has 0 aromatic heterocycles. The zero-order valence-corrected chi connectivity index (χ0v) is 13.9. The summed E-state index contributed by atoms with van der Waals surface area (Å²) in [6.07, 6.45) is 0.992. The molecule has 0 unspecified atom stereocenters. The van der Waals surface area contributed by atoms with Gasteiger partial charge in [-0.1, -0.05) is 0 Å². The zero-order valence-electron chi connectivity index (χ0n) is 13.9. The molecule has 0 amide bonds. The van der Waals surface area contributed by atoms with E-state index in [-0.39, 0.29) is 0 Å². The van der Waals surface area contributed by atoms with Crippen molar-refractivity contribution in [2.45, 2.75) is 31.6 Å². The van der Waals surface area contributed by atoms with Gasteiger partial charge in [-0.3, -0.25) is 0 Å². The van der Waals surface area contributed by atoms with Crippen molar-refractivity contribution in [2.24, 2.45) is 4.99 Å². The van der Waals surface area contributed by atoms with Gasteiger partial charge < -0.3 is 19.6 Å². The molecule has 2 heterocycles. The number of likely N-dealkylation sites (N-methyl/N-ethyl adjacent to an activating group) is 1. The van der Waals surface area contributed by atoms with Crippen LogP contribution in [0.25, 0.3) is 0 Å². The van der Waals surface area contributed by atoms with Crippen molar-refractivity contribution >= 4 is 5.96 Å². The zero-order chi connectivity index (χ0) is 17.5. The van der Waals surface area contributed by atoms with Crippen LogP contribution in [-0.2, 0) is 0 Å². The van der Waals surface area contributed by atoms with Crippen molar-refractivity contribution in [1.29, 1.82) is 10.5 Å². The molecule has 1 N–H and O–H groups in total. The van der Waals surface area contributed by atoms with E-state index in [0.717, 1.165) is 5.56 Å². The molecule has 0 aliphatic carbocycles. The fourth-order valence-electron chi connectivity index (χ4n) is 3.31. The molecule has 3 rings (SSSR count). The van der Waals surface area contributed by atoms with Crippen LogP contribution in [0.4, 0.5) is 0 Å². The molecular weight excluding hydrogens is 306 g/mol. The number of nitrogens with zero attached hydrogens (tertiary/aromatic N) is 5. The summed E-state index contributed by atoms with van der Waals surface area (Å²) >= 11 is 0. The SMILES string of the molecule is CN1CCN([C@H]2c3cc(C#N)ccc3OC(C)(C)[C@@H]2O)C1=NC#N. The first-order valence-corrected chi connectivity index (χ1v) is 7.74. The van der Waals surface area contributed by atoms with Crippen LogP contribution in [0.2, 0.25) is 0 Å². The summed E-state index contributed by atoms with van der Waals surface area (Å²) in [5.74, 6) is 1.16. The minimum atomic E-state index is -0.839. The van der Waals surface area contributed by atoms with E-state index in [0.29, 0.717) is 30.4 Å². The van der Waals surface area contributed by atoms with Gasteiger partial charge in [0.1, 0.15) is 17.5 Å². The Morgan fingerprint density at radius 3 is 2.75 bits per heavy atom. The number of hydrogen-bond acceptors (Lipinski definition) is 5. The first-order chi connectivity index (χ1) is 11.4. The van der Waals surface area contributed by atoms with Gasteiger partial charge in [-0.2, -0.15) is 10.5 Å². The van der Waals surface area contributed by atoms with Crippen LogP contribution in [0, 0.1) is 22.8 Å². The molecule has 1 fully saturated rings. The van der Waals surface area contributed by atoms with Gasteiger partial charge in [0.15, 0.2) is 0 Å². The maximum Gasteiger partial charge on any atom is 0.213 e. The fourth-order valence-corrected chi connectivity index (χ4v) is 3.31. The molecule has 1 aromatic carbocycles. The standard InChI is InChI=1S/C17H19N5O2/c1-17(2)15(23)14(22-7-6-21(3)16(22)20-10-19)12-8-11(9-18)4-5-13(12)24-17/h4-5,8,14-15,23H,6-7H2,1-3H3/t14-,15+/m0/s1. The number of guanidine groups is 1. The van der Waals surface area contributed by atoms with E-state index >= 15 is 0 Å². The quantitative estimate of drug-likeness (QED) is 0.780. The van der Waals surface area contributed by atoms with E-state index in [1.807, 2.05) is 36.9 Å². The lowest BCUT2D eigenvalue weighted by Crippen LogP contribution is -2.54. The summed E-state index contributed by atoms with van der Waals surface area (Å²) in [6, 6.07) is 6.88. The Morgan fingerprint density at radius 1 is 1.33 bits per heavy atom. The van der Waals surface area contributed by atoms with Gasteiger partial charge in [0, 0.05) is 25.7 Å². The number of ether oxygens (including phenoxy) is 1. The van der Waals surface area contributed by atoms with E-state index < -0.39 is 17.7 Å². The Hall–Kier alpha value is -2.77. The largest absolute Gasteiger partial charge is 0.485 e. The number of aliphatic imine (C=N–C) groups is 1. The third kappa shape index (κ3) is 2.44. The van der Waals surface area contributed by atoms with E-state index in [4.69, 9.17) is 10.00 Å². The monoisotopic (exact) mass is 325 g/mol.